The Labute approximate surface area is 164 Å². The molecule has 27 heavy (non-hydrogen) atoms. The molecular formula is C23H35N3O. The standard InChI is InChI=1S/C23H35N3O/c1-25(16-18-7-3-2-4-8-18)17-19-11-13-26(14-12-19)23(27)22-15-20-9-5-6-10-21(20)24-22/h2-4,7-8,19-22,24H,5-6,9-17H2,1H3. The van der Waals surface area contributed by atoms with Gasteiger partial charge in [-0.05, 0) is 56.6 Å². The fourth-order valence-electron chi connectivity index (χ4n) is 5.47. The third-order valence-corrected chi connectivity index (χ3v) is 6.95. The minimum Gasteiger partial charge on any atom is -0.341 e. The first-order valence-corrected chi connectivity index (χ1v) is 11.0. The number of rotatable bonds is 5. The van der Waals surface area contributed by atoms with Crippen LogP contribution in [0.15, 0.2) is 30.3 Å². The molecule has 0 radical (unpaired) electrons. The molecule has 1 saturated carbocycles. The van der Waals surface area contributed by atoms with Crippen molar-refractivity contribution < 1.29 is 4.79 Å². The zero-order valence-corrected chi connectivity index (χ0v) is 16.8. The van der Waals surface area contributed by atoms with Crippen molar-refractivity contribution in [1.82, 2.24) is 15.1 Å². The van der Waals surface area contributed by atoms with E-state index >= 15 is 0 Å². The first kappa shape index (κ1) is 18.9. The highest BCUT2D eigenvalue weighted by atomic mass is 16.2. The first-order chi connectivity index (χ1) is 13.2. The molecular weight excluding hydrogens is 334 g/mol. The van der Waals surface area contributed by atoms with E-state index in [2.05, 4.69) is 52.5 Å². The topological polar surface area (TPSA) is 35.6 Å². The average molecular weight is 370 g/mol. The molecule has 3 unspecified atom stereocenters. The lowest BCUT2D eigenvalue weighted by molar-refractivity contribution is -0.134. The van der Waals surface area contributed by atoms with E-state index in [1.165, 1.54) is 31.2 Å². The lowest BCUT2D eigenvalue weighted by atomic mass is 9.85. The second-order valence-electron chi connectivity index (χ2n) is 9.06. The van der Waals surface area contributed by atoms with Crippen LogP contribution in [0.5, 0.6) is 0 Å². The zero-order valence-electron chi connectivity index (χ0n) is 16.8. The number of benzene rings is 1. The van der Waals surface area contributed by atoms with Crippen LogP contribution in [-0.4, -0.2) is 54.5 Å². The summed E-state index contributed by atoms with van der Waals surface area (Å²) >= 11 is 0. The number of nitrogens with zero attached hydrogens (tertiary/aromatic N) is 2. The summed E-state index contributed by atoms with van der Waals surface area (Å²) in [7, 11) is 2.22. The molecule has 148 valence electrons. The van der Waals surface area contributed by atoms with Crippen molar-refractivity contribution in [2.24, 2.45) is 11.8 Å². The highest BCUT2D eigenvalue weighted by molar-refractivity contribution is 5.82. The van der Waals surface area contributed by atoms with Gasteiger partial charge in [-0.2, -0.15) is 0 Å². The molecule has 1 aromatic rings. The van der Waals surface area contributed by atoms with Crippen LogP contribution in [0.25, 0.3) is 0 Å². The molecule has 4 rings (SSSR count). The van der Waals surface area contributed by atoms with Gasteiger partial charge in [0.05, 0.1) is 6.04 Å². The van der Waals surface area contributed by atoms with Crippen molar-refractivity contribution in [3.63, 3.8) is 0 Å². The maximum Gasteiger partial charge on any atom is 0.239 e. The van der Waals surface area contributed by atoms with Gasteiger partial charge in [0.15, 0.2) is 0 Å². The van der Waals surface area contributed by atoms with Crippen LogP contribution in [0.1, 0.15) is 50.5 Å². The fourth-order valence-corrected chi connectivity index (χ4v) is 5.47. The summed E-state index contributed by atoms with van der Waals surface area (Å²) in [4.78, 5) is 17.5. The second-order valence-corrected chi connectivity index (χ2v) is 9.06. The number of likely N-dealkylation sites (tertiary alicyclic amines) is 1. The van der Waals surface area contributed by atoms with E-state index in [4.69, 9.17) is 0 Å². The normalized spacial score (nSPS) is 29.1. The lowest BCUT2D eigenvalue weighted by Gasteiger charge is -2.35. The Bertz CT molecular complexity index is 597. The third kappa shape index (κ3) is 4.72. The maximum atomic E-state index is 13.0. The molecule has 3 atom stereocenters. The molecule has 3 aliphatic rings. The van der Waals surface area contributed by atoms with Gasteiger partial charge in [-0.1, -0.05) is 43.2 Å². The zero-order chi connectivity index (χ0) is 18.6. The molecule has 4 heteroatoms. The van der Waals surface area contributed by atoms with E-state index in [9.17, 15) is 4.79 Å². The van der Waals surface area contributed by atoms with Gasteiger partial charge >= 0.3 is 0 Å². The van der Waals surface area contributed by atoms with Crippen molar-refractivity contribution in [1.29, 1.82) is 0 Å². The van der Waals surface area contributed by atoms with Crippen LogP contribution in [-0.2, 0) is 11.3 Å². The van der Waals surface area contributed by atoms with Gasteiger partial charge in [0.2, 0.25) is 5.91 Å². The van der Waals surface area contributed by atoms with Crippen molar-refractivity contribution in [2.75, 3.05) is 26.7 Å². The minimum absolute atomic E-state index is 0.0930. The molecule has 0 bridgehead atoms. The molecule has 0 aromatic heterocycles. The number of carbonyl (C=O) groups is 1. The summed E-state index contributed by atoms with van der Waals surface area (Å²) < 4.78 is 0. The van der Waals surface area contributed by atoms with Crippen molar-refractivity contribution in [3.05, 3.63) is 35.9 Å². The van der Waals surface area contributed by atoms with Gasteiger partial charge in [-0.25, -0.2) is 0 Å². The Kier molecular flexibility index (Phi) is 6.14. The second kappa shape index (κ2) is 8.74. The van der Waals surface area contributed by atoms with E-state index in [0.29, 0.717) is 17.9 Å². The predicted octanol–water partition coefficient (Wildman–Crippen LogP) is 3.28. The van der Waals surface area contributed by atoms with Crippen LogP contribution in [0, 0.1) is 11.8 Å². The van der Waals surface area contributed by atoms with E-state index in [0.717, 1.165) is 51.4 Å². The van der Waals surface area contributed by atoms with Crippen molar-refractivity contribution in [3.8, 4) is 0 Å². The first-order valence-electron chi connectivity index (χ1n) is 11.0. The Morgan fingerprint density at radius 2 is 1.85 bits per heavy atom. The van der Waals surface area contributed by atoms with Gasteiger partial charge in [0.1, 0.15) is 0 Å². The van der Waals surface area contributed by atoms with Crippen LogP contribution < -0.4 is 5.32 Å². The fraction of sp³-hybridized carbons (Fsp3) is 0.696. The van der Waals surface area contributed by atoms with Crippen molar-refractivity contribution in [2.45, 2.75) is 63.6 Å². The average Bonchev–Trinajstić information content (AvgIpc) is 3.13. The number of piperidine rings is 1. The number of carbonyl (C=O) groups excluding carboxylic acids is 1. The number of hydrogen-bond acceptors (Lipinski definition) is 3. The van der Waals surface area contributed by atoms with Gasteiger partial charge < -0.3 is 15.1 Å². The van der Waals surface area contributed by atoms with Gasteiger partial charge in [0, 0.05) is 32.2 Å². The van der Waals surface area contributed by atoms with E-state index in [1.807, 2.05) is 0 Å². The summed E-state index contributed by atoms with van der Waals surface area (Å²) in [6.07, 6.45) is 8.63. The monoisotopic (exact) mass is 369 g/mol. The lowest BCUT2D eigenvalue weighted by Crippen LogP contribution is -2.49. The molecule has 2 heterocycles. The van der Waals surface area contributed by atoms with Gasteiger partial charge in [-0.3, -0.25) is 4.79 Å². The summed E-state index contributed by atoms with van der Waals surface area (Å²) in [5.41, 5.74) is 1.38. The number of nitrogens with one attached hydrogen (secondary N) is 1. The van der Waals surface area contributed by atoms with Crippen LogP contribution in [0.4, 0.5) is 0 Å². The Balaban J connectivity index is 1.21. The van der Waals surface area contributed by atoms with Gasteiger partial charge in [0.25, 0.3) is 0 Å². The molecule has 1 N–H and O–H groups in total. The Morgan fingerprint density at radius 1 is 1.11 bits per heavy atom. The molecule has 3 fully saturated rings. The van der Waals surface area contributed by atoms with Crippen LogP contribution >= 0.6 is 0 Å². The van der Waals surface area contributed by atoms with Crippen molar-refractivity contribution >= 4 is 5.91 Å². The number of fused-ring (bicyclic) bond motifs is 1. The smallest absolute Gasteiger partial charge is 0.239 e. The van der Waals surface area contributed by atoms with E-state index in [1.54, 1.807) is 0 Å². The summed E-state index contributed by atoms with van der Waals surface area (Å²) in [5.74, 6) is 1.83. The van der Waals surface area contributed by atoms with Gasteiger partial charge in [-0.15, -0.1) is 0 Å². The highest BCUT2D eigenvalue weighted by Crippen LogP contribution is 2.34. The molecule has 2 aliphatic heterocycles. The molecule has 2 saturated heterocycles. The van der Waals surface area contributed by atoms with Crippen LogP contribution in [0.2, 0.25) is 0 Å². The van der Waals surface area contributed by atoms with E-state index in [-0.39, 0.29) is 6.04 Å². The third-order valence-electron chi connectivity index (χ3n) is 6.95. The Morgan fingerprint density at radius 3 is 2.59 bits per heavy atom. The van der Waals surface area contributed by atoms with Crippen LogP contribution in [0.3, 0.4) is 0 Å². The molecule has 0 spiro atoms. The largest absolute Gasteiger partial charge is 0.341 e. The summed E-state index contributed by atoms with van der Waals surface area (Å²) in [6.45, 7) is 4.02. The number of hydrogen-bond donors (Lipinski definition) is 1. The molecule has 1 aromatic carbocycles. The molecule has 1 aliphatic carbocycles. The van der Waals surface area contributed by atoms with E-state index < -0.39 is 0 Å². The molecule has 1 amide bonds. The number of amides is 1. The SMILES string of the molecule is CN(Cc1ccccc1)CC1CCN(C(=O)C2CC3CCCCC3N2)CC1. The molecule has 4 nitrogen and oxygen atoms in total. The predicted molar refractivity (Wildman–Crippen MR) is 109 cm³/mol. The summed E-state index contributed by atoms with van der Waals surface area (Å²) in [6, 6.07) is 11.4. The quantitative estimate of drug-likeness (QED) is 0.865. The minimum atomic E-state index is 0.0930. The maximum absolute atomic E-state index is 13.0. The summed E-state index contributed by atoms with van der Waals surface area (Å²) in [5, 5.41) is 3.66. The Hall–Kier alpha value is -1.39. The highest BCUT2D eigenvalue weighted by Gasteiger charge is 2.40.